The Balaban J connectivity index is 1.40. The van der Waals surface area contributed by atoms with E-state index in [0.717, 1.165) is 12.8 Å². The van der Waals surface area contributed by atoms with Gasteiger partial charge in [-0.05, 0) is 78.4 Å². The van der Waals surface area contributed by atoms with Crippen molar-refractivity contribution < 1.29 is 34.0 Å². The van der Waals surface area contributed by atoms with Crippen molar-refractivity contribution in [3.63, 3.8) is 0 Å². The van der Waals surface area contributed by atoms with Crippen molar-refractivity contribution in [2.75, 3.05) is 0 Å². The first-order valence-electron chi connectivity index (χ1n) is 16.4. The van der Waals surface area contributed by atoms with Crippen molar-refractivity contribution >= 4 is 11.9 Å². The van der Waals surface area contributed by atoms with Gasteiger partial charge < -0.3 is 24.4 Å². The zero-order chi connectivity index (χ0) is 30.0. The zero-order valence-corrected chi connectivity index (χ0v) is 26.7. The Kier molecular flexibility index (Phi) is 6.86. The monoisotopic (exact) mass is 574 g/mol. The van der Waals surface area contributed by atoms with E-state index in [1.807, 2.05) is 0 Å². The molecule has 1 aliphatic heterocycles. The van der Waals surface area contributed by atoms with Crippen LogP contribution in [0.5, 0.6) is 0 Å². The van der Waals surface area contributed by atoms with E-state index in [1.165, 1.54) is 20.3 Å². The van der Waals surface area contributed by atoms with Gasteiger partial charge in [0.2, 0.25) is 0 Å². The normalized spacial score (nSPS) is 54.6. The molecule has 0 amide bonds. The molecule has 2 unspecified atom stereocenters. The fraction of sp³-hybridized carbons (Fsp3) is 0.941. The van der Waals surface area contributed by atoms with E-state index in [4.69, 9.17) is 14.2 Å². The van der Waals surface area contributed by atoms with Crippen LogP contribution in [0.1, 0.15) is 101 Å². The van der Waals surface area contributed by atoms with Crippen LogP contribution in [0.2, 0.25) is 0 Å². The first kappa shape index (κ1) is 29.9. The number of hydrogen-bond acceptors (Lipinski definition) is 7. The minimum absolute atomic E-state index is 0.0493. The van der Waals surface area contributed by atoms with E-state index < -0.39 is 23.2 Å². The maximum Gasteiger partial charge on any atom is 0.302 e. The summed E-state index contributed by atoms with van der Waals surface area (Å²) in [5.41, 5.74) is -1.12. The summed E-state index contributed by atoms with van der Waals surface area (Å²) in [5, 5.41) is 22.3. The van der Waals surface area contributed by atoms with Gasteiger partial charge in [-0.15, -0.1) is 0 Å². The highest BCUT2D eigenvalue weighted by atomic mass is 16.6. The number of hydrogen-bond donors (Lipinski definition) is 2. The summed E-state index contributed by atoms with van der Waals surface area (Å²) in [7, 11) is 0. The van der Waals surface area contributed by atoms with E-state index in [2.05, 4.69) is 48.5 Å². The highest BCUT2D eigenvalue weighted by Gasteiger charge is 2.81. The second-order valence-corrected chi connectivity index (χ2v) is 16.4. The molecule has 6 rings (SSSR count). The van der Waals surface area contributed by atoms with Crippen LogP contribution < -0.4 is 0 Å². The van der Waals surface area contributed by atoms with Gasteiger partial charge in [0.05, 0.1) is 18.3 Å². The summed E-state index contributed by atoms with van der Waals surface area (Å²) in [6.45, 7) is 19.4. The molecule has 6 aliphatic rings. The van der Waals surface area contributed by atoms with Crippen LogP contribution in [0.4, 0.5) is 0 Å². The third-order valence-corrected chi connectivity index (χ3v) is 14.4. The minimum Gasteiger partial charge on any atom is -0.462 e. The molecular formula is C34H54O7. The number of epoxide rings is 1. The molecule has 232 valence electrons. The van der Waals surface area contributed by atoms with E-state index in [9.17, 15) is 19.8 Å². The van der Waals surface area contributed by atoms with Crippen molar-refractivity contribution in [3.8, 4) is 0 Å². The van der Waals surface area contributed by atoms with Crippen molar-refractivity contribution in [2.24, 2.45) is 63.6 Å². The lowest BCUT2D eigenvalue weighted by atomic mass is 9.42. The van der Waals surface area contributed by atoms with E-state index >= 15 is 0 Å². The van der Waals surface area contributed by atoms with Crippen LogP contribution in [0.3, 0.4) is 0 Å². The maximum atomic E-state index is 12.6. The molecule has 0 aromatic rings. The van der Waals surface area contributed by atoms with Crippen molar-refractivity contribution in [1.29, 1.82) is 0 Å². The topological polar surface area (TPSA) is 106 Å². The van der Waals surface area contributed by atoms with Crippen LogP contribution in [0.25, 0.3) is 0 Å². The van der Waals surface area contributed by atoms with Gasteiger partial charge in [0.25, 0.3) is 0 Å². The Morgan fingerprint density at radius 3 is 2.07 bits per heavy atom. The predicted octanol–water partition coefficient (Wildman–Crippen LogP) is 5.15. The van der Waals surface area contributed by atoms with E-state index in [0.29, 0.717) is 54.3 Å². The fourth-order valence-electron chi connectivity index (χ4n) is 12.1. The van der Waals surface area contributed by atoms with Gasteiger partial charge in [0, 0.05) is 37.5 Å². The standard InChI is InChI=1S/C34H54O7/c1-16(2)18(4)31(7)14-24(31)17(3)23-12-25(39-19(5)35)29-22-11-28-34(41-28)13-21(37)10-27(38)33(34,9)30(22)26(40-20(6)36)15-32(23,29)8/h16-18,21-30,37-38H,10-15H2,1-9H3/t17-,18+,21-,22-,23+,24+,25-,26+,27-,28+,29?,30?,31+,32+,33+,34+/m0/s1. The maximum absolute atomic E-state index is 12.6. The first-order valence-corrected chi connectivity index (χ1v) is 16.4. The molecule has 41 heavy (non-hydrogen) atoms. The Morgan fingerprint density at radius 2 is 1.46 bits per heavy atom. The van der Waals surface area contributed by atoms with Gasteiger partial charge in [0.15, 0.2) is 0 Å². The molecule has 5 saturated carbocycles. The largest absolute Gasteiger partial charge is 0.462 e. The van der Waals surface area contributed by atoms with Crippen molar-refractivity contribution in [2.45, 2.75) is 137 Å². The summed E-state index contributed by atoms with van der Waals surface area (Å²) in [5.74, 6) is 2.18. The molecule has 0 aromatic heterocycles. The molecular weight excluding hydrogens is 520 g/mol. The van der Waals surface area contributed by atoms with Crippen LogP contribution in [0, 0.1) is 63.6 Å². The second-order valence-electron chi connectivity index (χ2n) is 16.4. The number of carbonyl (C=O) groups excluding carboxylic acids is 2. The zero-order valence-electron chi connectivity index (χ0n) is 26.7. The molecule has 7 nitrogen and oxygen atoms in total. The summed E-state index contributed by atoms with van der Waals surface area (Å²) < 4.78 is 18.9. The molecule has 2 N–H and O–H groups in total. The number of carbonyl (C=O) groups is 2. The summed E-state index contributed by atoms with van der Waals surface area (Å²) >= 11 is 0. The van der Waals surface area contributed by atoms with Gasteiger partial charge in [-0.2, -0.15) is 0 Å². The molecule has 7 heteroatoms. The number of rotatable bonds is 6. The molecule has 0 bridgehead atoms. The number of esters is 2. The Labute approximate surface area is 246 Å². The van der Waals surface area contributed by atoms with Crippen LogP contribution >= 0.6 is 0 Å². The Bertz CT molecular complexity index is 1090. The molecule has 1 spiro atoms. The lowest BCUT2D eigenvalue weighted by Crippen LogP contribution is -2.68. The number of fused-ring (bicyclic) bond motifs is 4. The fourth-order valence-corrected chi connectivity index (χ4v) is 12.1. The van der Waals surface area contributed by atoms with Crippen LogP contribution in [-0.4, -0.2) is 58.3 Å². The minimum atomic E-state index is -0.764. The Morgan fingerprint density at radius 1 is 0.829 bits per heavy atom. The van der Waals surface area contributed by atoms with Crippen molar-refractivity contribution in [3.05, 3.63) is 0 Å². The number of aliphatic hydroxyl groups excluding tert-OH is 2. The summed E-state index contributed by atoms with van der Waals surface area (Å²) in [4.78, 5) is 25.1. The molecule has 0 aromatic carbocycles. The smallest absolute Gasteiger partial charge is 0.302 e. The van der Waals surface area contributed by atoms with E-state index in [1.54, 1.807) is 0 Å². The third kappa shape index (κ3) is 4.06. The average Bonchev–Trinajstić information content (AvgIpc) is 3.71. The molecule has 16 atom stereocenters. The SMILES string of the molecule is CC(=O)O[C@H]1C[C@H]([C@H](C)[C@H]2C[C@]2(C)[C@H](C)C(C)C)[C@@]2(C)C[C@@H](OC(C)=O)C3[C@@H](C[C@H]4O[C@]45C[C@@H](O)C[C@H](O)[C@]35C)C12. The second kappa shape index (κ2) is 9.41. The molecule has 1 heterocycles. The quantitative estimate of drug-likeness (QED) is 0.334. The van der Waals surface area contributed by atoms with Crippen LogP contribution in [0.15, 0.2) is 0 Å². The number of aliphatic hydroxyl groups is 2. The highest BCUT2D eigenvalue weighted by Crippen LogP contribution is 2.76. The Hall–Kier alpha value is -1.18. The van der Waals surface area contributed by atoms with Gasteiger partial charge in [-0.25, -0.2) is 0 Å². The van der Waals surface area contributed by atoms with Gasteiger partial charge in [0.1, 0.15) is 17.8 Å². The lowest BCUT2D eigenvalue weighted by Gasteiger charge is -2.62. The lowest BCUT2D eigenvalue weighted by molar-refractivity contribution is -0.224. The van der Waals surface area contributed by atoms with Crippen molar-refractivity contribution in [1.82, 2.24) is 0 Å². The molecule has 6 fully saturated rings. The third-order valence-electron chi connectivity index (χ3n) is 14.4. The molecule has 5 aliphatic carbocycles. The first-order chi connectivity index (χ1) is 19.0. The average molecular weight is 575 g/mol. The van der Waals surface area contributed by atoms with E-state index in [-0.39, 0.29) is 53.4 Å². The predicted molar refractivity (Wildman–Crippen MR) is 153 cm³/mol. The van der Waals surface area contributed by atoms with Gasteiger partial charge >= 0.3 is 11.9 Å². The number of ether oxygens (including phenoxy) is 3. The molecule has 0 radical (unpaired) electrons. The van der Waals surface area contributed by atoms with Crippen LogP contribution in [-0.2, 0) is 23.8 Å². The highest BCUT2D eigenvalue weighted by molar-refractivity contribution is 5.66. The van der Waals surface area contributed by atoms with Gasteiger partial charge in [-0.3, -0.25) is 9.59 Å². The molecule has 1 saturated heterocycles. The van der Waals surface area contributed by atoms with Gasteiger partial charge in [-0.1, -0.05) is 48.5 Å². The summed E-state index contributed by atoms with van der Waals surface area (Å²) in [6.07, 6.45) is 2.35. The summed E-state index contributed by atoms with van der Waals surface area (Å²) in [6, 6.07) is 0.